The van der Waals surface area contributed by atoms with Gasteiger partial charge in [-0.05, 0) is 42.2 Å². The monoisotopic (exact) mass is 470 g/mol. The SMILES string of the molecule is COc1cc(CS(=O)(=O)C(F)(F)F)ccc1-c1csc(-c2ccnc(CC(C)C)c2)n1. The molecule has 3 rings (SSSR count). The third-order valence-electron chi connectivity index (χ3n) is 4.44. The minimum atomic E-state index is -5.30. The number of sulfone groups is 1. The number of pyridine rings is 1. The Labute approximate surface area is 182 Å². The first-order chi connectivity index (χ1) is 14.5. The van der Waals surface area contributed by atoms with Crippen LogP contribution < -0.4 is 4.74 Å². The number of benzene rings is 1. The molecule has 0 fully saturated rings. The Bertz CT molecular complexity index is 1170. The van der Waals surface area contributed by atoms with Crippen LogP contribution >= 0.6 is 11.3 Å². The van der Waals surface area contributed by atoms with E-state index in [0.717, 1.165) is 22.7 Å². The molecule has 2 aromatic heterocycles. The van der Waals surface area contributed by atoms with Gasteiger partial charge in [0.2, 0.25) is 0 Å². The summed E-state index contributed by atoms with van der Waals surface area (Å²) in [5.41, 5.74) is -2.27. The third kappa shape index (κ3) is 5.43. The Hall–Kier alpha value is -2.46. The van der Waals surface area contributed by atoms with Crippen LogP contribution in [0.25, 0.3) is 21.8 Å². The summed E-state index contributed by atoms with van der Waals surface area (Å²) in [6, 6.07) is 8.02. The number of methoxy groups -OCH3 is 1. The Balaban J connectivity index is 1.90. The van der Waals surface area contributed by atoms with Crippen molar-refractivity contribution in [3.8, 4) is 27.6 Å². The molecule has 0 unspecified atom stereocenters. The molecule has 3 aromatic rings. The molecular weight excluding hydrogens is 449 g/mol. The van der Waals surface area contributed by atoms with E-state index in [1.807, 2.05) is 17.5 Å². The summed E-state index contributed by atoms with van der Waals surface area (Å²) in [6.45, 7) is 4.23. The molecular formula is C21H21F3N2O3S2. The highest BCUT2D eigenvalue weighted by molar-refractivity contribution is 7.91. The highest BCUT2D eigenvalue weighted by Crippen LogP contribution is 2.36. The van der Waals surface area contributed by atoms with Crippen molar-refractivity contribution < 1.29 is 26.3 Å². The summed E-state index contributed by atoms with van der Waals surface area (Å²) in [6.07, 6.45) is 2.59. The maximum Gasteiger partial charge on any atom is 0.497 e. The second-order valence-corrected chi connectivity index (χ2v) is 10.3. The Morgan fingerprint density at radius 2 is 1.90 bits per heavy atom. The fraction of sp³-hybridized carbons (Fsp3) is 0.333. The zero-order valence-electron chi connectivity index (χ0n) is 17.1. The lowest BCUT2D eigenvalue weighted by Crippen LogP contribution is -2.24. The molecule has 0 atom stereocenters. The van der Waals surface area contributed by atoms with Gasteiger partial charge in [-0.25, -0.2) is 13.4 Å². The first-order valence-corrected chi connectivity index (χ1v) is 11.9. The lowest BCUT2D eigenvalue weighted by molar-refractivity contribution is -0.0437. The van der Waals surface area contributed by atoms with Gasteiger partial charge in [-0.2, -0.15) is 13.2 Å². The smallest absolute Gasteiger partial charge is 0.496 e. The van der Waals surface area contributed by atoms with Crippen LogP contribution in [0.15, 0.2) is 41.9 Å². The fourth-order valence-electron chi connectivity index (χ4n) is 3.01. The number of thiazole rings is 1. The molecule has 0 radical (unpaired) electrons. The second-order valence-electron chi connectivity index (χ2n) is 7.41. The first kappa shape index (κ1) is 23.2. The van der Waals surface area contributed by atoms with Gasteiger partial charge in [-0.3, -0.25) is 4.98 Å². The van der Waals surface area contributed by atoms with Crippen molar-refractivity contribution in [3.05, 3.63) is 53.2 Å². The molecule has 0 aliphatic heterocycles. The lowest BCUT2D eigenvalue weighted by atomic mass is 10.1. The van der Waals surface area contributed by atoms with Crippen molar-refractivity contribution in [2.24, 2.45) is 5.92 Å². The molecule has 0 spiro atoms. The third-order valence-corrected chi connectivity index (χ3v) is 6.75. The van der Waals surface area contributed by atoms with E-state index in [9.17, 15) is 21.6 Å². The molecule has 166 valence electrons. The maximum absolute atomic E-state index is 12.7. The van der Waals surface area contributed by atoms with Crippen LogP contribution in [0, 0.1) is 5.92 Å². The predicted molar refractivity (Wildman–Crippen MR) is 115 cm³/mol. The van der Waals surface area contributed by atoms with Gasteiger partial charge in [0.25, 0.3) is 9.84 Å². The van der Waals surface area contributed by atoms with Gasteiger partial charge in [0.05, 0.1) is 18.6 Å². The van der Waals surface area contributed by atoms with E-state index in [1.165, 1.54) is 36.6 Å². The summed E-state index contributed by atoms with van der Waals surface area (Å²) in [7, 11) is -3.90. The fourth-order valence-corrected chi connectivity index (χ4v) is 4.61. The van der Waals surface area contributed by atoms with Crippen LogP contribution in [0.3, 0.4) is 0 Å². The summed E-state index contributed by atoms with van der Waals surface area (Å²) in [4.78, 5) is 9.02. The molecule has 2 heterocycles. The van der Waals surface area contributed by atoms with Gasteiger partial charge in [-0.1, -0.05) is 19.9 Å². The van der Waals surface area contributed by atoms with Gasteiger partial charge in [0, 0.05) is 28.4 Å². The van der Waals surface area contributed by atoms with E-state index in [4.69, 9.17) is 4.74 Å². The van der Waals surface area contributed by atoms with Gasteiger partial charge in [0.15, 0.2) is 0 Å². The van der Waals surface area contributed by atoms with E-state index in [2.05, 4.69) is 23.8 Å². The van der Waals surface area contributed by atoms with Crippen molar-refractivity contribution in [1.29, 1.82) is 0 Å². The molecule has 0 aliphatic rings. The van der Waals surface area contributed by atoms with Crippen molar-refractivity contribution in [1.82, 2.24) is 9.97 Å². The number of rotatable bonds is 7. The summed E-state index contributed by atoms with van der Waals surface area (Å²) in [5.74, 6) is -0.425. The summed E-state index contributed by atoms with van der Waals surface area (Å²) < 4.78 is 66.2. The highest BCUT2D eigenvalue weighted by atomic mass is 32.2. The Morgan fingerprint density at radius 1 is 1.16 bits per heavy atom. The number of nitrogens with zero attached hydrogens (tertiary/aromatic N) is 2. The molecule has 31 heavy (non-hydrogen) atoms. The van der Waals surface area contributed by atoms with Crippen molar-refractivity contribution in [2.75, 3.05) is 7.11 Å². The number of ether oxygens (including phenoxy) is 1. The number of hydrogen-bond acceptors (Lipinski definition) is 6. The molecule has 0 aliphatic carbocycles. The largest absolute Gasteiger partial charge is 0.497 e. The van der Waals surface area contributed by atoms with E-state index >= 15 is 0 Å². The molecule has 0 bridgehead atoms. The second kappa shape index (κ2) is 8.96. The van der Waals surface area contributed by atoms with Crippen LogP contribution in [-0.4, -0.2) is 31.0 Å². The van der Waals surface area contributed by atoms with E-state index in [-0.39, 0.29) is 11.3 Å². The molecule has 0 N–H and O–H groups in total. The van der Waals surface area contributed by atoms with Gasteiger partial charge < -0.3 is 4.74 Å². The lowest BCUT2D eigenvalue weighted by Gasteiger charge is -2.11. The van der Waals surface area contributed by atoms with Crippen LogP contribution in [0.2, 0.25) is 0 Å². The predicted octanol–water partition coefficient (Wildman–Crippen LogP) is 5.51. The number of halogens is 3. The van der Waals surface area contributed by atoms with Crippen molar-refractivity contribution in [2.45, 2.75) is 31.5 Å². The van der Waals surface area contributed by atoms with Gasteiger partial charge >= 0.3 is 5.51 Å². The molecule has 0 saturated carbocycles. The van der Waals surface area contributed by atoms with Crippen LogP contribution in [0.5, 0.6) is 5.75 Å². The standard InChI is InChI=1S/C21H21F3N2O3S2/c1-13(2)8-16-10-15(6-7-25-16)20-26-18(11-30-20)17-5-4-14(9-19(17)29-3)12-31(27,28)21(22,23)24/h4-7,9-11,13H,8,12H2,1-3H3. The van der Waals surface area contributed by atoms with Gasteiger partial charge in [-0.15, -0.1) is 11.3 Å². The maximum atomic E-state index is 12.7. The van der Waals surface area contributed by atoms with Crippen molar-refractivity contribution >= 4 is 21.2 Å². The number of alkyl halides is 3. The average molecular weight is 471 g/mol. The minimum absolute atomic E-state index is 0.0131. The number of hydrogen-bond donors (Lipinski definition) is 0. The molecule has 1 aromatic carbocycles. The average Bonchev–Trinajstić information content (AvgIpc) is 3.16. The van der Waals surface area contributed by atoms with Crippen LogP contribution in [0.1, 0.15) is 25.1 Å². The first-order valence-electron chi connectivity index (χ1n) is 9.37. The van der Waals surface area contributed by atoms with Gasteiger partial charge in [0.1, 0.15) is 10.8 Å². The topological polar surface area (TPSA) is 69.2 Å². The molecule has 0 saturated heterocycles. The molecule has 5 nitrogen and oxygen atoms in total. The summed E-state index contributed by atoms with van der Waals surface area (Å²) in [5, 5.41) is 2.59. The molecule has 10 heteroatoms. The Morgan fingerprint density at radius 3 is 2.55 bits per heavy atom. The zero-order valence-corrected chi connectivity index (χ0v) is 18.7. The van der Waals surface area contributed by atoms with Crippen LogP contribution in [0.4, 0.5) is 13.2 Å². The quantitative estimate of drug-likeness (QED) is 0.455. The van der Waals surface area contributed by atoms with Crippen LogP contribution in [-0.2, 0) is 22.0 Å². The zero-order chi connectivity index (χ0) is 22.8. The van der Waals surface area contributed by atoms with E-state index in [1.54, 1.807) is 6.20 Å². The Kier molecular flexibility index (Phi) is 6.70. The molecule has 0 amide bonds. The minimum Gasteiger partial charge on any atom is -0.496 e. The van der Waals surface area contributed by atoms with Crippen molar-refractivity contribution in [3.63, 3.8) is 0 Å². The normalized spacial score (nSPS) is 12.4. The van der Waals surface area contributed by atoms with E-state index < -0.39 is 21.1 Å². The highest BCUT2D eigenvalue weighted by Gasteiger charge is 2.45. The summed E-state index contributed by atoms with van der Waals surface area (Å²) >= 11 is 1.42. The van der Waals surface area contributed by atoms with E-state index in [0.29, 0.717) is 17.2 Å². The number of aromatic nitrogens is 2.